The lowest BCUT2D eigenvalue weighted by atomic mass is 9.76. The molecule has 9 heteroatoms. The van der Waals surface area contributed by atoms with Crippen molar-refractivity contribution >= 4 is 23.0 Å². The maximum atomic E-state index is 13.4. The fourth-order valence-electron chi connectivity index (χ4n) is 4.62. The highest BCUT2D eigenvalue weighted by Gasteiger charge is 2.49. The van der Waals surface area contributed by atoms with Gasteiger partial charge < -0.3 is 0 Å². The summed E-state index contributed by atoms with van der Waals surface area (Å²) < 4.78 is 2.18. The van der Waals surface area contributed by atoms with Gasteiger partial charge in [0.15, 0.2) is 5.78 Å². The van der Waals surface area contributed by atoms with Gasteiger partial charge in [0.2, 0.25) is 0 Å². The molecule has 1 aromatic heterocycles. The number of hydrogen-bond acceptors (Lipinski definition) is 6. The molecule has 154 valence electrons. The molecule has 3 aromatic rings. The van der Waals surface area contributed by atoms with Gasteiger partial charge in [-0.15, -0.1) is 0 Å². The number of nitrogens with zero attached hydrogens (tertiary/aromatic N) is 4. The maximum Gasteiger partial charge on any atom is 0.332 e. The van der Waals surface area contributed by atoms with Crippen LogP contribution in [-0.4, -0.2) is 25.6 Å². The molecule has 1 aliphatic carbocycles. The van der Waals surface area contributed by atoms with Gasteiger partial charge in [-0.25, -0.2) is 9.79 Å². The molecule has 2 aliphatic rings. The average molecular weight is 416 g/mol. The summed E-state index contributed by atoms with van der Waals surface area (Å²) in [5.74, 6) is -1.98. The smallest absolute Gasteiger partial charge is 0.293 e. The SMILES string of the molecule is Cn1c2c(c(=O)n(C)c1=O)[C@@H](c1ccccc1[N+](=O)[O-])[C@@H]1C(=O)c3ccccc3C1=N2. The van der Waals surface area contributed by atoms with Crippen LogP contribution >= 0.6 is 0 Å². The Morgan fingerprint density at radius 1 is 0.903 bits per heavy atom. The molecule has 0 amide bonds. The lowest BCUT2D eigenvalue weighted by Crippen LogP contribution is -2.43. The molecule has 0 N–H and O–H groups in total. The summed E-state index contributed by atoms with van der Waals surface area (Å²) in [5.41, 5.74) is 0.443. The highest BCUT2D eigenvalue weighted by Crippen LogP contribution is 2.48. The predicted molar refractivity (Wildman–Crippen MR) is 112 cm³/mol. The van der Waals surface area contributed by atoms with Gasteiger partial charge in [-0.2, -0.15) is 0 Å². The minimum atomic E-state index is -0.950. The summed E-state index contributed by atoms with van der Waals surface area (Å²) in [6.45, 7) is 0. The molecule has 1 aliphatic heterocycles. The molecule has 0 fully saturated rings. The van der Waals surface area contributed by atoms with E-state index in [4.69, 9.17) is 0 Å². The second-order valence-electron chi connectivity index (χ2n) is 7.62. The van der Waals surface area contributed by atoms with E-state index in [9.17, 15) is 24.5 Å². The van der Waals surface area contributed by atoms with E-state index in [1.807, 2.05) is 0 Å². The van der Waals surface area contributed by atoms with E-state index in [-0.39, 0.29) is 28.4 Å². The molecule has 0 saturated carbocycles. The lowest BCUT2D eigenvalue weighted by Gasteiger charge is -2.29. The first kappa shape index (κ1) is 18.9. The second-order valence-corrected chi connectivity index (χ2v) is 7.62. The van der Waals surface area contributed by atoms with E-state index in [0.717, 1.165) is 4.57 Å². The normalized spacial score (nSPS) is 18.8. The molecule has 0 bridgehead atoms. The Balaban J connectivity index is 1.94. The van der Waals surface area contributed by atoms with E-state index < -0.39 is 28.0 Å². The van der Waals surface area contributed by atoms with E-state index in [1.54, 1.807) is 36.4 Å². The molecule has 9 nitrogen and oxygen atoms in total. The summed E-state index contributed by atoms with van der Waals surface area (Å²) in [6, 6.07) is 13.0. The third-order valence-corrected chi connectivity index (χ3v) is 6.05. The molecule has 0 spiro atoms. The van der Waals surface area contributed by atoms with Crippen LogP contribution in [0.4, 0.5) is 11.5 Å². The summed E-state index contributed by atoms with van der Waals surface area (Å²) in [4.78, 5) is 55.1. The van der Waals surface area contributed by atoms with Crippen molar-refractivity contribution < 1.29 is 9.72 Å². The van der Waals surface area contributed by atoms with Crippen LogP contribution in [-0.2, 0) is 14.1 Å². The zero-order valence-corrected chi connectivity index (χ0v) is 16.6. The highest BCUT2D eigenvalue weighted by atomic mass is 16.6. The highest BCUT2D eigenvalue weighted by molar-refractivity contribution is 6.30. The molecule has 0 saturated heterocycles. The third-order valence-electron chi connectivity index (χ3n) is 6.05. The van der Waals surface area contributed by atoms with Crippen LogP contribution in [0.1, 0.15) is 33.0 Å². The van der Waals surface area contributed by atoms with Gasteiger partial charge in [-0.05, 0) is 0 Å². The largest absolute Gasteiger partial charge is 0.332 e. The summed E-state index contributed by atoms with van der Waals surface area (Å²) in [7, 11) is 2.83. The van der Waals surface area contributed by atoms with E-state index in [2.05, 4.69) is 4.99 Å². The number of aromatic nitrogens is 2. The lowest BCUT2D eigenvalue weighted by molar-refractivity contribution is -0.385. The Labute approximate surface area is 175 Å². The van der Waals surface area contributed by atoms with E-state index >= 15 is 0 Å². The van der Waals surface area contributed by atoms with Gasteiger partial charge >= 0.3 is 5.69 Å². The summed E-state index contributed by atoms with van der Waals surface area (Å²) in [5, 5.41) is 11.8. The van der Waals surface area contributed by atoms with Crippen molar-refractivity contribution in [3.05, 3.63) is 102 Å². The Bertz CT molecular complexity index is 1460. The predicted octanol–water partition coefficient (Wildman–Crippen LogP) is 2.07. The first-order chi connectivity index (χ1) is 14.8. The van der Waals surface area contributed by atoms with Crippen LogP contribution in [0.25, 0.3) is 0 Å². The number of Topliss-reactive ketones (excluding diaryl/α,β-unsaturated/α-hetero) is 1. The zero-order valence-electron chi connectivity index (χ0n) is 16.6. The molecule has 2 aromatic carbocycles. The van der Waals surface area contributed by atoms with Crippen molar-refractivity contribution in [2.24, 2.45) is 25.0 Å². The number of nitro benzene ring substituents is 1. The standard InChI is InChI=1S/C22H16N4O5/c1-24-20-17(21(28)25(2)22(24)29)15(13-9-5-6-10-14(13)26(30)31)16-18(23-20)11-7-3-4-8-12(11)19(16)27/h3-10,15-16H,1-2H3/t15-,16-/m0/s1. The van der Waals surface area contributed by atoms with E-state index in [1.165, 1.54) is 30.8 Å². The molecule has 2 heterocycles. The summed E-state index contributed by atoms with van der Waals surface area (Å²) >= 11 is 0. The maximum absolute atomic E-state index is 13.4. The van der Waals surface area contributed by atoms with Crippen LogP contribution in [0.3, 0.4) is 0 Å². The fraction of sp³-hybridized carbons (Fsp3) is 0.182. The van der Waals surface area contributed by atoms with Crippen LogP contribution in [0.2, 0.25) is 0 Å². The van der Waals surface area contributed by atoms with Crippen molar-refractivity contribution in [1.82, 2.24) is 9.13 Å². The Morgan fingerprint density at radius 3 is 2.26 bits per heavy atom. The first-order valence-electron chi connectivity index (χ1n) is 9.58. The first-order valence-corrected chi connectivity index (χ1v) is 9.58. The van der Waals surface area contributed by atoms with Crippen molar-refractivity contribution in [2.45, 2.75) is 5.92 Å². The number of aliphatic imine (C=N–C) groups is 1. The minimum absolute atomic E-state index is 0.105. The zero-order chi connectivity index (χ0) is 22.0. The van der Waals surface area contributed by atoms with Crippen LogP contribution in [0, 0.1) is 16.0 Å². The number of fused-ring (bicyclic) bond motifs is 4. The molecule has 2 atom stereocenters. The Kier molecular flexibility index (Phi) is 3.91. The topological polar surface area (TPSA) is 117 Å². The molecular formula is C22H16N4O5. The number of benzene rings is 2. The monoisotopic (exact) mass is 416 g/mol. The minimum Gasteiger partial charge on any atom is -0.293 e. The van der Waals surface area contributed by atoms with Gasteiger partial charge in [-0.1, -0.05) is 42.5 Å². The molecule has 0 radical (unpaired) electrons. The molecular weight excluding hydrogens is 400 g/mol. The number of rotatable bonds is 2. The molecule has 31 heavy (non-hydrogen) atoms. The van der Waals surface area contributed by atoms with Crippen LogP contribution in [0.15, 0.2) is 63.1 Å². The number of nitro groups is 1. The number of hydrogen-bond donors (Lipinski definition) is 0. The van der Waals surface area contributed by atoms with Crippen LogP contribution < -0.4 is 11.2 Å². The van der Waals surface area contributed by atoms with Gasteiger partial charge in [0.05, 0.1) is 22.1 Å². The second kappa shape index (κ2) is 6.43. The number of ketones is 1. The van der Waals surface area contributed by atoms with Crippen molar-refractivity contribution in [3.63, 3.8) is 0 Å². The molecule has 0 unspecified atom stereocenters. The van der Waals surface area contributed by atoms with Crippen molar-refractivity contribution in [3.8, 4) is 0 Å². The van der Waals surface area contributed by atoms with Gasteiger partial charge in [0.25, 0.3) is 11.2 Å². The number of carbonyl (C=O) groups is 1. The Hall–Kier alpha value is -4.14. The van der Waals surface area contributed by atoms with Crippen molar-refractivity contribution in [2.75, 3.05) is 0 Å². The van der Waals surface area contributed by atoms with Gasteiger partial charge in [0.1, 0.15) is 5.82 Å². The summed E-state index contributed by atoms with van der Waals surface area (Å²) in [6.07, 6.45) is 0. The number of para-hydroxylation sites is 1. The fourth-order valence-corrected chi connectivity index (χ4v) is 4.62. The van der Waals surface area contributed by atoms with Crippen LogP contribution in [0.5, 0.6) is 0 Å². The van der Waals surface area contributed by atoms with Gasteiger partial charge in [0, 0.05) is 42.8 Å². The third kappa shape index (κ3) is 2.43. The average Bonchev–Trinajstić information content (AvgIpc) is 3.07. The Morgan fingerprint density at radius 2 is 1.55 bits per heavy atom. The quantitative estimate of drug-likeness (QED) is 0.468. The van der Waals surface area contributed by atoms with Crippen molar-refractivity contribution in [1.29, 1.82) is 0 Å². The number of carbonyl (C=O) groups excluding carboxylic acids is 1. The van der Waals surface area contributed by atoms with E-state index in [0.29, 0.717) is 16.8 Å². The molecule has 5 rings (SSSR count). The van der Waals surface area contributed by atoms with Gasteiger partial charge in [-0.3, -0.25) is 28.8 Å².